The summed E-state index contributed by atoms with van der Waals surface area (Å²) >= 11 is 0. The maximum atomic E-state index is 13.3. The number of para-hydroxylation sites is 4. The van der Waals surface area contributed by atoms with Gasteiger partial charge >= 0.3 is 0 Å². The molecule has 1 amide bonds. The molecule has 2 heterocycles. The Labute approximate surface area is 191 Å². The number of carbonyl (C=O) groups excluding carboxylic acids is 1. The Bertz CT molecular complexity index is 1260. The quantitative estimate of drug-likeness (QED) is 0.621. The summed E-state index contributed by atoms with van der Waals surface area (Å²) < 4.78 is 45.3. The first-order valence-corrected chi connectivity index (χ1v) is 12.0. The number of nitrogens with zero attached hydrogens (tertiary/aromatic N) is 1. The van der Waals surface area contributed by atoms with Gasteiger partial charge in [0.15, 0.2) is 17.6 Å². The molecule has 2 aliphatic rings. The summed E-state index contributed by atoms with van der Waals surface area (Å²) in [6.45, 7) is 0.338. The van der Waals surface area contributed by atoms with Crippen LogP contribution in [0.5, 0.6) is 17.2 Å². The molecule has 33 heavy (non-hydrogen) atoms. The molecule has 8 nitrogen and oxygen atoms in total. The summed E-state index contributed by atoms with van der Waals surface area (Å²) in [5.41, 5.74) is 0.394. The molecule has 0 saturated carbocycles. The number of hydrogen-bond acceptors (Lipinski definition) is 6. The van der Waals surface area contributed by atoms with E-state index < -0.39 is 22.0 Å². The maximum absolute atomic E-state index is 13.3. The summed E-state index contributed by atoms with van der Waals surface area (Å²) in [4.78, 5) is 13.1. The lowest BCUT2D eigenvalue weighted by Crippen LogP contribution is -2.52. The van der Waals surface area contributed by atoms with Gasteiger partial charge in [0, 0.05) is 0 Å². The third kappa shape index (κ3) is 4.19. The van der Waals surface area contributed by atoms with Crippen molar-refractivity contribution in [3.8, 4) is 17.2 Å². The molecule has 0 radical (unpaired) electrons. The number of amides is 1. The van der Waals surface area contributed by atoms with E-state index in [-0.39, 0.29) is 24.1 Å². The molecule has 0 fully saturated rings. The van der Waals surface area contributed by atoms with E-state index in [1.54, 1.807) is 48.5 Å². The van der Waals surface area contributed by atoms with E-state index in [0.717, 1.165) is 0 Å². The van der Waals surface area contributed by atoms with Crippen LogP contribution in [-0.2, 0) is 14.8 Å². The number of rotatable bonds is 5. The minimum atomic E-state index is -3.88. The Hall–Kier alpha value is -3.72. The molecule has 170 valence electrons. The highest BCUT2D eigenvalue weighted by Crippen LogP contribution is 2.37. The minimum absolute atomic E-state index is 0.146. The van der Waals surface area contributed by atoms with Crippen LogP contribution >= 0.6 is 0 Å². The van der Waals surface area contributed by atoms with Gasteiger partial charge in [-0.1, -0.05) is 42.5 Å². The SMILES string of the molecule is O=C(NC[C@@H]1COc2ccccc2O1)[C@H]1CN(S(=O)(=O)c2ccccc2)c2ccccc2O1. The lowest BCUT2D eigenvalue weighted by molar-refractivity contribution is -0.128. The summed E-state index contributed by atoms with van der Waals surface area (Å²) in [6.07, 6.45) is -1.39. The van der Waals surface area contributed by atoms with E-state index in [9.17, 15) is 13.2 Å². The Morgan fingerprint density at radius 3 is 2.33 bits per heavy atom. The molecular weight excluding hydrogens is 444 g/mol. The molecule has 5 rings (SSSR count). The first-order chi connectivity index (χ1) is 16.0. The first-order valence-electron chi connectivity index (χ1n) is 10.5. The summed E-state index contributed by atoms with van der Waals surface area (Å²) in [6, 6.07) is 22.2. The topological polar surface area (TPSA) is 94.2 Å². The normalized spacial score (nSPS) is 19.2. The highest BCUT2D eigenvalue weighted by Gasteiger charge is 2.37. The van der Waals surface area contributed by atoms with Gasteiger partial charge in [0.2, 0.25) is 0 Å². The smallest absolute Gasteiger partial charge is 0.264 e. The lowest BCUT2D eigenvalue weighted by atomic mass is 10.2. The third-order valence-electron chi connectivity index (χ3n) is 5.43. The molecular formula is C24H22N2O6S. The van der Waals surface area contributed by atoms with Crippen LogP contribution in [0.3, 0.4) is 0 Å². The second kappa shape index (κ2) is 8.67. The van der Waals surface area contributed by atoms with Crippen molar-refractivity contribution >= 4 is 21.6 Å². The van der Waals surface area contributed by atoms with Gasteiger partial charge in [-0.2, -0.15) is 0 Å². The van der Waals surface area contributed by atoms with Crippen LogP contribution in [0.15, 0.2) is 83.8 Å². The van der Waals surface area contributed by atoms with Crippen molar-refractivity contribution in [2.75, 3.05) is 24.0 Å². The van der Waals surface area contributed by atoms with Crippen molar-refractivity contribution in [2.45, 2.75) is 17.1 Å². The Kier molecular flexibility index (Phi) is 5.55. The highest BCUT2D eigenvalue weighted by molar-refractivity contribution is 7.92. The van der Waals surface area contributed by atoms with Crippen molar-refractivity contribution < 1.29 is 27.4 Å². The number of ether oxygens (including phenoxy) is 3. The van der Waals surface area contributed by atoms with Crippen molar-refractivity contribution in [1.82, 2.24) is 5.32 Å². The van der Waals surface area contributed by atoms with Crippen LogP contribution in [0.25, 0.3) is 0 Å². The van der Waals surface area contributed by atoms with Gasteiger partial charge in [-0.15, -0.1) is 0 Å². The molecule has 0 aromatic heterocycles. The van der Waals surface area contributed by atoms with Crippen LogP contribution in [0, 0.1) is 0 Å². The van der Waals surface area contributed by atoms with Crippen LogP contribution in [0.1, 0.15) is 0 Å². The molecule has 3 aromatic rings. The van der Waals surface area contributed by atoms with Gasteiger partial charge in [-0.05, 0) is 36.4 Å². The van der Waals surface area contributed by atoms with Gasteiger partial charge in [-0.3, -0.25) is 9.10 Å². The number of sulfonamides is 1. The largest absolute Gasteiger partial charge is 0.486 e. The molecule has 0 spiro atoms. The number of benzene rings is 3. The van der Waals surface area contributed by atoms with Gasteiger partial charge in [0.05, 0.1) is 23.7 Å². The standard InChI is InChI=1S/C24H22N2O6S/c27-24(25-14-17-16-30-21-12-6-7-13-22(21)31-17)23-15-26(19-10-4-5-11-20(19)32-23)33(28,29)18-8-2-1-3-9-18/h1-13,17,23H,14-16H2,(H,25,27)/t17-,23-/m1/s1. The van der Waals surface area contributed by atoms with E-state index in [2.05, 4.69) is 5.32 Å². The van der Waals surface area contributed by atoms with Crippen molar-refractivity contribution in [1.29, 1.82) is 0 Å². The fraction of sp³-hybridized carbons (Fsp3) is 0.208. The van der Waals surface area contributed by atoms with Crippen LogP contribution in [-0.4, -0.2) is 46.2 Å². The number of anilines is 1. The third-order valence-corrected chi connectivity index (χ3v) is 7.22. The molecule has 3 aromatic carbocycles. The summed E-state index contributed by atoms with van der Waals surface area (Å²) in [5, 5.41) is 2.81. The molecule has 0 aliphatic carbocycles. The zero-order valence-corrected chi connectivity index (χ0v) is 18.4. The molecule has 0 bridgehead atoms. The van der Waals surface area contributed by atoms with Crippen LogP contribution in [0.2, 0.25) is 0 Å². The zero-order valence-electron chi connectivity index (χ0n) is 17.6. The van der Waals surface area contributed by atoms with E-state index >= 15 is 0 Å². The summed E-state index contributed by atoms with van der Waals surface area (Å²) in [7, 11) is -3.88. The lowest BCUT2D eigenvalue weighted by Gasteiger charge is -2.35. The molecule has 1 N–H and O–H groups in total. The molecule has 9 heteroatoms. The molecule has 2 atom stereocenters. The molecule has 0 saturated heterocycles. The van der Waals surface area contributed by atoms with Crippen molar-refractivity contribution in [3.63, 3.8) is 0 Å². The van der Waals surface area contributed by atoms with Crippen molar-refractivity contribution in [3.05, 3.63) is 78.9 Å². The second-order valence-corrected chi connectivity index (χ2v) is 9.53. The first kappa shape index (κ1) is 21.1. The van der Waals surface area contributed by atoms with E-state index in [1.807, 2.05) is 18.2 Å². The van der Waals surface area contributed by atoms with Crippen molar-refractivity contribution in [2.24, 2.45) is 0 Å². The van der Waals surface area contributed by atoms with Gasteiger partial charge in [-0.25, -0.2) is 8.42 Å². The average molecular weight is 467 g/mol. The number of hydrogen-bond donors (Lipinski definition) is 1. The van der Waals surface area contributed by atoms with Crippen LogP contribution < -0.4 is 23.8 Å². The molecule has 2 aliphatic heterocycles. The molecule has 0 unspecified atom stereocenters. The Balaban J connectivity index is 1.32. The fourth-order valence-electron chi connectivity index (χ4n) is 3.78. The predicted octanol–water partition coefficient (Wildman–Crippen LogP) is 2.60. The number of fused-ring (bicyclic) bond motifs is 2. The zero-order chi connectivity index (χ0) is 22.8. The minimum Gasteiger partial charge on any atom is -0.486 e. The van der Waals surface area contributed by atoms with Gasteiger partial charge < -0.3 is 19.5 Å². The van der Waals surface area contributed by atoms with E-state index in [1.165, 1.54) is 16.4 Å². The second-order valence-electron chi connectivity index (χ2n) is 7.67. The monoisotopic (exact) mass is 466 g/mol. The highest BCUT2D eigenvalue weighted by atomic mass is 32.2. The average Bonchev–Trinajstić information content (AvgIpc) is 2.87. The number of carbonyl (C=O) groups is 1. The Morgan fingerprint density at radius 1 is 0.879 bits per heavy atom. The number of nitrogens with one attached hydrogen (secondary N) is 1. The predicted molar refractivity (Wildman–Crippen MR) is 121 cm³/mol. The van der Waals surface area contributed by atoms with E-state index in [4.69, 9.17) is 14.2 Å². The Morgan fingerprint density at radius 2 is 1.55 bits per heavy atom. The fourth-order valence-corrected chi connectivity index (χ4v) is 5.27. The van der Waals surface area contributed by atoms with E-state index in [0.29, 0.717) is 29.5 Å². The summed E-state index contributed by atoms with van der Waals surface area (Å²) in [5.74, 6) is 1.18. The van der Waals surface area contributed by atoms with Crippen LogP contribution in [0.4, 0.5) is 5.69 Å². The van der Waals surface area contributed by atoms with Gasteiger partial charge in [0.1, 0.15) is 18.5 Å². The van der Waals surface area contributed by atoms with Gasteiger partial charge in [0.25, 0.3) is 15.9 Å². The maximum Gasteiger partial charge on any atom is 0.264 e.